The molecular weight excluding hydrogens is 414 g/mol. The molecule has 3 aromatic rings. The van der Waals surface area contributed by atoms with Crippen LogP contribution in [-0.4, -0.2) is 22.4 Å². The maximum Gasteiger partial charge on any atom is 0.227 e. The summed E-state index contributed by atoms with van der Waals surface area (Å²) in [5, 5.41) is 12.8. The molecule has 1 amide bonds. The third-order valence-electron chi connectivity index (χ3n) is 6.85. The van der Waals surface area contributed by atoms with Crippen molar-refractivity contribution in [2.75, 3.05) is 16.8 Å². The highest BCUT2D eigenvalue weighted by molar-refractivity contribution is 5.96. The van der Waals surface area contributed by atoms with Crippen LogP contribution in [0.5, 0.6) is 5.75 Å². The van der Waals surface area contributed by atoms with Gasteiger partial charge in [0, 0.05) is 53.8 Å². The van der Waals surface area contributed by atoms with Crippen molar-refractivity contribution in [1.82, 2.24) is 9.97 Å². The van der Waals surface area contributed by atoms with Gasteiger partial charge in [-0.3, -0.25) is 9.78 Å². The lowest BCUT2D eigenvalue weighted by molar-refractivity contribution is -0.117. The summed E-state index contributed by atoms with van der Waals surface area (Å²) in [5.41, 5.74) is 5.32. The van der Waals surface area contributed by atoms with Gasteiger partial charge in [0.15, 0.2) is 0 Å². The van der Waals surface area contributed by atoms with Gasteiger partial charge in [-0.15, -0.1) is 0 Å². The third-order valence-corrected chi connectivity index (χ3v) is 6.85. The Morgan fingerprint density at radius 3 is 2.82 bits per heavy atom. The number of hydrogen-bond donors (Lipinski definition) is 1. The van der Waals surface area contributed by atoms with Crippen molar-refractivity contribution in [1.29, 1.82) is 5.26 Å². The van der Waals surface area contributed by atoms with E-state index in [1.807, 2.05) is 48.4 Å². The van der Waals surface area contributed by atoms with Crippen LogP contribution in [0.1, 0.15) is 49.8 Å². The number of carbonyl (C=O) groups excluding carboxylic acids is 1. The molecule has 0 radical (unpaired) electrons. The van der Waals surface area contributed by atoms with E-state index in [0.29, 0.717) is 12.2 Å². The van der Waals surface area contributed by atoms with Gasteiger partial charge in [0.2, 0.25) is 5.91 Å². The largest absolute Gasteiger partial charge is 0.485 e. The Kier molecular flexibility index (Phi) is 4.37. The van der Waals surface area contributed by atoms with Gasteiger partial charge in [-0.2, -0.15) is 5.26 Å². The normalized spacial score (nSPS) is 19.8. The molecule has 1 aromatic carbocycles. The molecule has 0 unspecified atom stereocenters. The Bertz CT molecular complexity index is 1320. The number of rotatable bonds is 4. The number of nitrogens with one attached hydrogen (secondary N) is 1. The summed E-state index contributed by atoms with van der Waals surface area (Å²) < 4.78 is 6.24. The molecule has 1 saturated heterocycles. The fraction of sp³-hybridized carbons (Fsp3) is 0.308. The molecule has 7 heteroatoms. The molecule has 2 fully saturated rings. The van der Waals surface area contributed by atoms with Crippen molar-refractivity contribution >= 4 is 23.1 Å². The first-order valence-electron chi connectivity index (χ1n) is 11.3. The highest BCUT2D eigenvalue weighted by atomic mass is 16.5. The minimum atomic E-state index is -0.376. The number of ether oxygens (including phenoxy) is 1. The van der Waals surface area contributed by atoms with E-state index >= 15 is 0 Å². The van der Waals surface area contributed by atoms with E-state index in [1.165, 1.54) is 0 Å². The number of benzene rings is 1. The first-order valence-corrected chi connectivity index (χ1v) is 11.3. The molecule has 6 rings (SSSR count). The Labute approximate surface area is 192 Å². The molecule has 2 aliphatic heterocycles. The molecular formula is C26H23N5O2. The second-order valence-electron chi connectivity index (χ2n) is 9.03. The lowest BCUT2D eigenvalue weighted by Crippen LogP contribution is -2.24. The van der Waals surface area contributed by atoms with Gasteiger partial charge in [-0.05, 0) is 56.0 Å². The third kappa shape index (κ3) is 3.30. The van der Waals surface area contributed by atoms with E-state index in [9.17, 15) is 10.1 Å². The van der Waals surface area contributed by atoms with E-state index in [2.05, 4.69) is 21.4 Å². The van der Waals surface area contributed by atoms with Crippen LogP contribution in [0.25, 0.3) is 11.1 Å². The van der Waals surface area contributed by atoms with Crippen LogP contribution in [0, 0.1) is 11.3 Å². The molecule has 1 saturated carbocycles. The number of hydrogen-bond acceptors (Lipinski definition) is 6. The second-order valence-corrected chi connectivity index (χ2v) is 9.03. The minimum absolute atomic E-state index is 0.154. The smallest absolute Gasteiger partial charge is 0.227 e. The average Bonchev–Trinajstić information content (AvgIpc) is 3.52. The molecule has 7 nitrogen and oxygen atoms in total. The molecule has 2 aromatic heterocycles. The zero-order valence-corrected chi connectivity index (χ0v) is 18.3. The van der Waals surface area contributed by atoms with E-state index in [-0.39, 0.29) is 17.4 Å². The summed E-state index contributed by atoms with van der Waals surface area (Å²) in [6.07, 6.45) is 8.50. The van der Waals surface area contributed by atoms with Crippen LogP contribution in [0.3, 0.4) is 0 Å². The van der Waals surface area contributed by atoms with E-state index in [4.69, 9.17) is 4.74 Å². The fourth-order valence-corrected chi connectivity index (χ4v) is 4.78. The van der Waals surface area contributed by atoms with Crippen LogP contribution in [0.4, 0.5) is 17.2 Å². The summed E-state index contributed by atoms with van der Waals surface area (Å²) in [4.78, 5) is 22.9. The average molecular weight is 438 g/mol. The van der Waals surface area contributed by atoms with Crippen molar-refractivity contribution in [2.45, 2.75) is 44.1 Å². The standard InChI is InChI=1S/C26H23N5O2/c1-16-21-11-24(30-18-9-17(12-28-13-18)26(15-27)6-7-26)29-14-22(21)20-5-4-19(10-23(20)33-16)31-8-2-3-25(31)32/h4-5,9-14,16H,2-3,6-8H2,1H3,(H,29,30)/t16-/m1/s1. The number of pyridine rings is 2. The van der Waals surface area contributed by atoms with Gasteiger partial charge in [0.05, 0.1) is 23.4 Å². The van der Waals surface area contributed by atoms with Crippen molar-refractivity contribution < 1.29 is 9.53 Å². The Hall–Kier alpha value is -3.92. The number of fused-ring (bicyclic) bond motifs is 3. The first kappa shape index (κ1) is 19.7. The van der Waals surface area contributed by atoms with Gasteiger partial charge in [0.25, 0.3) is 0 Å². The molecule has 1 N–H and O–H groups in total. The maximum atomic E-state index is 12.1. The molecule has 33 heavy (non-hydrogen) atoms. The number of aromatic nitrogens is 2. The lowest BCUT2D eigenvalue weighted by atomic mass is 9.94. The predicted molar refractivity (Wildman–Crippen MR) is 124 cm³/mol. The Balaban J connectivity index is 1.30. The van der Waals surface area contributed by atoms with E-state index in [0.717, 1.165) is 65.2 Å². The van der Waals surface area contributed by atoms with Gasteiger partial charge >= 0.3 is 0 Å². The van der Waals surface area contributed by atoms with Crippen molar-refractivity contribution in [2.24, 2.45) is 0 Å². The summed E-state index contributed by atoms with van der Waals surface area (Å²) in [5.74, 6) is 1.64. The quantitative estimate of drug-likeness (QED) is 0.616. The highest BCUT2D eigenvalue weighted by Crippen LogP contribution is 2.48. The Morgan fingerprint density at radius 2 is 2.06 bits per heavy atom. The first-order chi connectivity index (χ1) is 16.1. The van der Waals surface area contributed by atoms with Gasteiger partial charge in [-0.1, -0.05) is 0 Å². The lowest BCUT2D eigenvalue weighted by Gasteiger charge is -2.28. The topological polar surface area (TPSA) is 91.1 Å². The molecule has 0 bridgehead atoms. The highest BCUT2D eigenvalue weighted by Gasteiger charge is 2.45. The maximum absolute atomic E-state index is 12.1. The van der Waals surface area contributed by atoms with Gasteiger partial charge < -0.3 is 15.0 Å². The number of nitrogens with zero attached hydrogens (tertiary/aromatic N) is 4. The molecule has 4 heterocycles. The molecule has 3 aliphatic rings. The predicted octanol–water partition coefficient (Wildman–Crippen LogP) is 5.02. The Morgan fingerprint density at radius 1 is 1.18 bits per heavy atom. The number of carbonyl (C=O) groups is 1. The van der Waals surface area contributed by atoms with Crippen LogP contribution >= 0.6 is 0 Å². The number of amides is 1. The summed E-state index contributed by atoms with van der Waals surface area (Å²) >= 11 is 0. The molecule has 1 aliphatic carbocycles. The van der Waals surface area contributed by atoms with E-state index < -0.39 is 0 Å². The van der Waals surface area contributed by atoms with E-state index in [1.54, 1.807) is 12.4 Å². The van der Waals surface area contributed by atoms with Crippen LogP contribution < -0.4 is 15.0 Å². The number of anilines is 3. The van der Waals surface area contributed by atoms with Gasteiger partial charge in [0.1, 0.15) is 17.7 Å². The summed E-state index contributed by atoms with van der Waals surface area (Å²) in [6, 6.07) is 12.4. The molecule has 0 spiro atoms. The van der Waals surface area contributed by atoms with Crippen molar-refractivity contribution in [3.63, 3.8) is 0 Å². The summed E-state index contributed by atoms with van der Waals surface area (Å²) in [7, 11) is 0. The van der Waals surface area contributed by atoms with Gasteiger partial charge in [-0.25, -0.2) is 4.98 Å². The SMILES string of the molecule is C[C@H]1Oc2cc(N3CCCC3=O)ccc2-c2cnc(Nc3cncc(C4(C#N)CC4)c3)cc21. The van der Waals surface area contributed by atoms with Crippen LogP contribution in [0.2, 0.25) is 0 Å². The number of nitriles is 1. The minimum Gasteiger partial charge on any atom is -0.485 e. The second kappa shape index (κ2) is 7.31. The van der Waals surface area contributed by atoms with Crippen molar-refractivity contribution in [3.8, 4) is 22.9 Å². The van der Waals surface area contributed by atoms with Crippen LogP contribution in [0.15, 0.2) is 48.9 Å². The summed E-state index contributed by atoms with van der Waals surface area (Å²) in [6.45, 7) is 2.77. The van der Waals surface area contributed by atoms with Crippen molar-refractivity contribution in [3.05, 3.63) is 60.0 Å². The molecule has 1 atom stereocenters. The monoisotopic (exact) mass is 437 g/mol. The fourth-order valence-electron chi connectivity index (χ4n) is 4.78. The zero-order chi connectivity index (χ0) is 22.6. The molecule has 164 valence electrons. The van der Waals surface area contributed by atoms with Crippen LogP contribution in [-0.2, 0) is 10.2 Å². The zero-order valence-electron chi connectivity index (χ0n) is 18.3.